The highest BCUT2D eigenvalue weighted by Gasteiger charge is 2.33. The van der Waals surface area contributed by atoms with Gasteiger partial charge in [-0.15, -0.1) is 0 Å². The number of amides is 1. The molecule has 0 fully saturated rings. The molecule has 0 spiro atoms. The van der Waals surface area contributed by atoms with Gasteiger partial charge in [-0.05, 0) is 31.5 Å². The first-order valence-corrected chi connectivity index (χ1v) is 11.0. The molecular weight excluding hydrogens is 456 g/mol. The Labute approximate surface area is 199 Å². The van der Waals surface area contributed by atoms with E-state index in [9.17, 15) is 13.6 Å². The number of hydrogen-bond donors (Lipinski definition) is 1. The zero-order chi connectivity index (χ0) is 24.7. The Balaban J connectivity index is 1.42. The van der Waals surface area contributed by atoms with E-state index in [0.29, 0.717) is 29.6 Å². The van der Waals surface area contributed by atoms with Crippen LogP contribution in [0.1, 0.15) is 40.8 Å². The Hall–Kier alpha value is -4.22. The SMILES string of the molecule is Cc1cnc(Nc2ccnn2C)nc1-c1cn2c(n1)C(=O)N(Cc1cc(C(F)F)ccn1)[C@@H](C)C2. The quantitative estimate of drug-likeness (QED) is 0.451. The van der Waals surface area contributed by atoms with Crippen LogP contribution in [0.25, 0.3) is 11.4 Å². The van der Waals surface area contributed by atoms with Gasteiger partial charge in [-0.25, -0.2) is 23.7 Å². The van der Waals surface area contributed by atoms with Crippen LogP contribution in [0.2, 0.25) is 0 Å². The summed E-state index contributed by atoms with van der Waals surface area (Å²) in [7, 11) is 1.80. The van der Waals surface area contributed by atoms with Gasteiger partial charge in [-0.1, -0.05) is 0 Å². The second kappa shape index (κ2) is 8.85. The van der Waals surface area contributed by atoms with E-state index in [1.54, 1.807) is 45.9 Å². The normalized spacial score (nSPS) is 15.5. The lowest BCUT2D eigenvalue weighted by atomic mass is 10.1. The molecule has 0 saturated carbocycles. The summed E-state index contributed by atoms with van der Waals surface area (Å²) < 4.78 is 29.6. The average Bonchev–Trinajstić information content (AvgIpc) is 3.44. The number of carbonyl (C=O) groups excluding carboxylic acids is 1. The molecule has 0 bridgehead atoms. The van der Waals surface area contributed by atoms with Crippen molar-refractivity contribution >= 4 is 17.7 Å². The summed E-state index contributed by atoms with van der Waals surface area (Å²) >= 11 is 0. The predicted molar refractivity (Wildman–Crippen MR) is 123 cm³/mol. The minimum absolute atomic E-state index is 0.119. The van der Waals surface area contributed by atoms with Gasteiger partial charge in [0, 0.05) is 49.9 Å². The van der Waals surface area contributed by atoms with Crippen LogP contribution in [0.15, 0.2) is 43.0 Å². The molecule has 0 saturated heterocycles. The first kappa shape index (κ1) is 22.6. The van der Waals surface area contributed by atoms with Gasteiger partial charge in [0.15, 0.2) is 5.82 Å². The minimum atomic E-state index is -2.60. The second-order valence-corrected chi connectivity index (χ2v) is 8.46. The van der Waals surface area contributed by atoms with E-state index < -0.39 is 6.43 Å². The Kier molecular flexibility index (Phi) is 5.71. The zero-order valence-corrected chi connectivity index (χ0v) is 19.4. The summed E-state index contributed by atoms with van der Waals surface area (Å²) in [5.74, 6) is 1.08. The van der Waals surface area contributed by atoms with Crippen molar-refractivity contribution in [1.82, 2.24) is 39.2 Å². The molecule has 1 N–H and O–H groups in total. The van der Waals surface area contributed by atoms with Gasteiger partial charge in [0.05, 0.1) is 24.1 Å². The first-order valence-electron chi connectivity index (χ1n) is 11.0. The van der Waals surface area contributed by atoms with Gasteiger partial charge in [-0.2, -0.15) is 5.10 Å². The molecule has 35 heavy (non-hydrogen) atoms. The van der Waals surface area contributed by atoms with E-state index in [0.717, 1.165) is 11.4 Å². The number of carbonyl (C=O) groups is 1. The lowest BCUT2D eigenvalue weighted by molar-refractivity contribution is 0.0584. The van der Waals surface area contributed by atoms with Gasteiger partial charge >= 0.3 is 0 Å². The molecule has 0 aromatic carbocycles. The number of anilines is 2. The predicted octanol–water partition coefficient (Wildman–Crippen LogP) is 3.50. The number of nitrogens with zero attached hydrogens (tertiary/aromatic N) is 8. The smallest absolute Gasteiger partial charge is 0.290 e. The van der Waals surface area contributed by atoms with Crippen LogP contribution in [-0.2, 0) is 20.1 Å². The van der Waals surface area contributed by atoms with Crippen LogP contribution in [0.5, 0.6) is 0 Å². The number of fused-ring (bicyclic) bond motifs is 1. The zero-order valence-electron chi connectivity index (χ0n) is 19.4. The summed E-state index contributed by atoms with van der Waals surface area (Å²) in [5, 5.41) is 7.24. The van der Waals surface area contributed by atoms with Gasteiger partial charge in [-0.3, -0.25) is 14.5 Å². The molecule has 180 valence electrons. The molecule has 5 rings (SSSR count). The Morgan fingerprint density at radius 3 is 2.77 bits per heavy atom. The Bertz CT molecular complexity index is 1400. The second-order valence-electron chi connectivity index (χ2n) is 8.46. The van der Waals surface area contributed by atoms with E-state index in [4.69, 9.17) is 0 Å². The van der Waals surface area contributed by atoms with Crippen molar-refractivity contribution in [1.29, 1.82) is 0 Å². The van der Waals surface area contributed by atoms with Gasteiger partial charge < -0.3 is 14.8 Å². The molecule has 0 radical (unpaired) electrons. The largest absolute Gasteiger partial charge is 0.326 e. The monoisotopic (exact) mass is 479 g/mol. The van der Waals surface area contributed by atoms with Crippen LogP contribution in [0, 0.1) is 6.92 Å². The molecule has 1 aliphatic heterocycles. The number of rotatable bonds is 6. The highest BCUT2D eigenvalue weighted by Crippen LogP contribution is 2.27. The third-order valence-corrected chi connectivity index (χ3v) is 5.92. The number of imidazole rings is 1. The maximum Gasteiger partial charge on any atom is 0.290 e. The van der Waals surface area contributed by atoms with Crippen LogP contribution in [0.3, 0.4) is 0 Å². The average molecular weight is 479 g/mol. The molecule has 5 heterocycles. The molecule has 4 aromatic rings. The number of aryl methyl sites for hydroxylation is 2. The van der Waals surface area contributed by atoms with Crippen molar-refractivity contribution in [2.75, 3.05) is 5.32 Å². The van der Waals surface area contributed by atoms with Crippen LogP contribution >= 0.6 is 0 Å². The molecule has 1 amide bonds. The number of nitrogens with one attached hydrogen (secondary N) is 1. The lowest BCUT2D eigenvalue weighted by Gasteiger charge is -2.33. The Morgan fingerprint density at radius 1 is 1.20 bits per heavy atom. The number of alkyl halides is 2. The van der Waals surface area contributed by atoms with E-state index in [1.165, 1.54) is 18.3 Å². The molecule has 4 aromatic heterocycles. The van der Waals surface area contributed by atoms with Crippen LogP contribution < -0.4 is 5.32 Å². The summed E-state index contributed by atoms with van der Waals surface area (Å²) in [6.45, 7) is 4.41. The molecule has 0 aliphatic carbocycles. The molecular formula is C23H23F2N9O. The molecule has 12 heteroatoms. The fourth-order valence-electron chi connectivity index (χ4n) is 4.05. The standard InChI is InChI=1S/C23H23F2N9O/c1-13-9-27-23(30-18-5-7-28-32(18)3)31-19(13)17-12-33-10-14(2)34(22(35)21(33)29-17)11-16-8-15(20(24)25)4-6-26-16/h4-9,12,14,20H,10-11H2,1-3H3,(H,27,30,31)/t14-/m0/s1. The number of halogens is 2. The van der Waals surface area contributed by atoms with Gasteiger partial charge in [0.25, 0.3) is 12.3 Å². The van der Waals surface area contributed by atoms with Gasteiger partial charge in [0.2, 0.25) is 5.95 Å². The highest BCUT2D eigenvalue weighted by atomic mass is 19.3. The molecule has 1 aliphatic rings. The highest BCUT2D eigenvalue weighted by molar-refractivity contribution is 5.92. The minimum Gasteiger partial charge on any atom is -0.326 e. The van der Waals surface area contributed by atoms with Crippen molar-refractivity contribution in [2.45, 2.75) is 39.4 Å². The summed E-state index contributed by atoms with van der Waals surface area (Å²) in [5.41, 5.74) is 2.24. The van der Waals surface area contributed by atoms with E-state index in [1.807, 2.05) is 13.8 Å². The summed E-state index contributed by atoms with van der Waals surface area (Å²) in [6.07, 6.45) is 3.90. The van der Waals surface area contributed by atoms with Crippen molar-refractivity contribution in [3.8, 4) is 11.4 Å². The van der Waals surface area contributed by atoms with Crippen LogP contribution in [0.4, 0.5) is 20.5 Å². The van der Waals surface area contributed by atoms with E-state index >= 15 is 0 Å². The molecule has 1 atom stereocenters. The maximum atomic E-state index is 13.3. The Morgan fingerprint density at radius 2 is 2.03 bits per heavy atom. The number of hydrogen-bond acceptors (Lipinski definition) is 7. The number of pyridine rings is 1. The van der Waals surface area contributed by atoms with E-state index in [-0.39, 0.29) is 29.9 Å². The molecule has 0 unspecified atom stereocenters. The van der Waals surface area contributed by atoms with Crippen molar-refractivity contribution in [3.05, 3.63) is 65.6 Å². The van der Waals surface area contributed by atoms with Crippen molar-refractivity contribution in [3.63, 3.8) is 0 Å². The summed E-state index contributed by atoms with van der Waals surface area (Å²) in [4.78, 5) is 32.6. The summed E-state index contributed by atoms with van der Waals surface area (Å²) in [6, 6.07) is 4.23. The first-order chi connectivity index (χ1) is 16.8. The third kappa shape index (κ3) is 4.34. The van der Waals surface area contributed by atoms with Gasteiger partial charge in [0.1, 0.15) is 11.5 Å². The molecule has 10 nitrogen and oxygen atoms in total. The maximum absolute atomic E-state index is 13.3. The lowest BCUT2D eigenvalue weighted by Crippen LogP contribution is -2.46. The van der Waals surface area contributed by atoms with Crippen molar-refractivity contribution < 1.29 is 13.6 Å². The third-order valence-electron chi connectivity index (χ3n) is 5.92. The fourth-order valence-corrected chi connectivity index (χ4v) is 4.05. The van der Waals surface area contributed by atoms with Crippen LogP contribution in [-0.4, -0.2) is 51.1 Å². The van der Waals surface area contributed by atoms with Crippen molar-refractivity contribution in [2.24, 2.45) is 7.05 Å². The fraction of sp³-hybridized carbons (Fsp3) is 0.304. The topological polar surface area (TPSA) is 107 Å². The number of aromatic nitrogens is 7. The van der Waals surface area contributed by atoms with E-state index in [2.05, 4.69) is 30.4 Å².